The Hall–Kier alpha value is -1.26. The van der Waals surface area contributed by atoms with Crippen molar-refractivity contribution in [1.29, 1.82) is 0 Å². The summed E-state index contributed by atoms with van der Waals surface area (Å²) in [5.74, 6) is -1.03. The highest BCUT2D eigenvalue weighted by Crippen LogP contribution is 2.30. The Morgan fingerprint density at radius 1 is 1.14 bits per heavy atom. The molecule has 0 aromatic rings. The molecule has 2 N–H and O–H groups in total. The van der Waals surface area contributed by atoms with Gasteiger partial charge in [0.2, 0.25) is 0 Å². The van der Waals surface area contributed by atoms with Crippen molar-refractivity contribution >= 4 is 12.0 Å². The van der Waals surface area contributed by atoms with Gasteiger partial charge in [0.05, 0.1) is 5.92 Å². The maximum atomic E-state index is 12.4. The maximum Gasteiger partial charge on any atom is 0.317 e. The van der Waals surface area contributed by atoms with Crippen LogP contribution >= 0.6 is 0 Å². The molecule has 1 saturated heterocycles. The van der Waals surface area contributed by atoms with Crippen LogP contribution in [0, 0.1) is 11.3 Å². The number of nitrogens with zero attached hydrogens (tertiary/aromatic N) is 1. The Morgan fingerprint density at radius 3 is 2.62 bits per heavy atom. The van der Waals surface area contributed by atoms with Crippen molar-refractivity contribution in [1.82, 2.24) is 10.2 Å². The summed E-state index contributed by atoms with van der Waals surface area (Å²) in [5, 5.41) is 12.2. The normalized spacial score (nSPS) is 29.5. The fourth-order valence-electron chi connectivity index (χ4n) is 3.44. The average Bonchev–Trinajstić information content (AvgIpc) is 2.60. The van der Waals surface area contributed by atoms with Crippen molar-refractivity contribution in [2.75, 3.05) is 13.1 Å². The molecule has 1 saturated carbocycles. The first kappa shape index (κ1) is 16.1. The van der Waals surface area contributed by atoms with Gasteiger partial charge in [0.1, 0.15) is 0 Å². The van der Waals surface area contributed by atoms with Gasteiger partial charge < -0.3 is 15.3 Å². The third-order valence-corrected chi connectivity index (χ3v) is 4.98. The van der Waals surface area contributed by atoms with Crippen LogP contribution in [0.15, 0.2) is 0 Å². The highest BCUT2D eigenvalue weighted by molar-refractivity contribution is 5.75. The predicted molar refractivity (Wildman–Crippen MR) is 81.1 cm³/mol. The molecule has 2 atom stereocenters. The molecule has 21 heavy (non-hydrogen) atoms. The summed E-state index contributed by atoms with van der Waals surface area (Å²) in [6.45, 7) is 6.12. The van der Waals surface area contributed by atoms with Crippen LogP contribution in [0.5, 0.6) is 0 Å². The third-order valence-electron chi connectivity index (χ3n) is 4.98. The molecule has 2 aliphatic rings. The lowest BCUT2D eigenvalue weighted by molar-refractivity contribution is -0.143. The van der Waals surface area contributed by atoms with Gasteiger partial charge >= 0.3 is 12.0 Å². The Balaban J connectivity index is 1.85. The predicted octanol–water partition coefficient (Wildman–Crippen LogP) is 2.85. The van der Waals surface area contributed by atoms with Crippen molar-refractivity contribution in [3.63, 3.8) is 0 Å². The molecule has 0 radical (unpaired) electrons. The van der Waals surface area contributed by atoms with E-state index < -0.39 is 5.97 Å². The fraction of sp³-hybridized carbons (Fsp3) is 0.875. The van der Waals surface area contributed by atoms with Crippen LogP contribution < -0.4 is 5.32 Å². The van der Waals surface area contributed by atoms with E-state index in [1.165, 1.54) is 0 Å². The number of carbonyl (C=O) groups excluding carboxylic acids is 1. The number of urea groups is 1. The summed E-state index contributed by atoms with van der Waals surface area (Å²) in [5.41, 5.74) is 0.314. The van der Waals surface area contributed by atoms with Crippen LogP contribution in [-0.4, -0.2) is 41.1 Å². The molecule has 5 nitrogen and oxygen atoms in total. The monoisotopic (exact) mass is 296 g/mol. The van der Waals surface area contributed by atoms with E-state index in [-0.39, 0.29) is 18.0 Å². The molecule has 0 aromatic carbocycles. The van der Waals surface area contributed by atoms with Crippen LogP contribution in [0.3, 0.4) is 0 Å². The molecular weight excluding hydrogens is 268 g/mol. The molecule has 1 aliphatic heterocycles. The Labute approximate surface area is 127 Å². The van der Waals surface area contributed by atoms with Gasteiger partial charge in [-0.2, -0.15) is 0 Å². The zero-order valence-electron chi connectivity index (χ0n) is 13.2. The third kappa shape index (κ3) is 4.61. The van der Waals surface area contributed by atoms with Gasteiger partial charge in [-0.05, 0) is 43.9 Å². The smallest absolute Gasteiger partial charge is 0.317 e. The molecule has 0 bridgehead atoms. The molecular formula is C16H28N2O3. The van der Waals surface area contributed by atoms with E-state index in [0.29, 0.717) is 11.8 Å². The van der Waals surface area contributed by atoms with Gasteiger partial charge in [-0.25, -0.2) is 4.79 Å². The minimum Gasteiger partial charge on any atom is -0.481 e. The fourth-order valence-corrected chi connectivity index (χ4v) is 3.44. The SMILES string of the molecule is CC1(C)CCCN(C(=O)NC2CCCC(C(=O)O)C2)CC1. The largest absolute Gasteiger partial charge is 0.481 e. The Morgan fingerprint density at radius 2 is 1.90 bits per heavy atom. The number of carboxylic acid groups (broad SMARTS) is 1. The molecule has 120 valence electrons. The minimum absolute atomic E-state index is 0.0104. The summed E-state index contributed by atoms with van der Waals surface area (Å²) >= 11 is 0. The summed E-state index contributed by atoms with van der Waals surface area (Å²) < 4.78 is 0. The van der Waals surface area contributed by atoms with Gasteiger partial charge in [0.25, 0.3) is 0 Å². The van der Waals surface area contributed by atoms with Crippen LogP contribution in [0.4, 0.5) is 4.79 Å². The molecule has 5 heteroatoms. The number of amides is 2. The molecule has 1 aliphatic carbocycles. The number of hydrogen-bond acceptors (Lipinski definition) is 2. The van der Waals surface area contributed by atoms with Gasteiger partial charge in [0.15, 0.2) is 0 Å². The molecule has 0 aromatic heterocycles. The Bertz CT molecular complexity index is 395. The van der Waals surface area contributed by atoms with Gasteiger partial charge in [0, 0.05) is 19.1 Å². The first-order valence-corrected chi connectivity index (χ1v) is 8.16. The number of rotatable bonds is 2. The van der Waals surface area contributed by atoms with E-state index >= 15 is 0 Å². The first-order valence-electron chi connectivity index (χ1n) is 8.16. The molecule has 2 unspecified atom stereocenters. The number of carboxylic acids is 1. The van der Waals surface area contributed by atoms with Crippen LogP contribution in [-0.2, 0) is 4.79 Å². The number of nitrogens with one attached hydrogen (secondary N) is 1. The van der Waals surface area contributed by atoms with Crippen molar-refractivity contribution < 1.29 is 14.7 Å². The van der Waals surface area contributed by atoms with E-state index in [1.54, 1.807) is 0 Å². The van der Waals surface area contributed by atoms with Crippen molar-refractivity contribution in [3.05, 3.63) is 0 Å². The average molecular weight is 296 g/mol. The lowest BCUT2D eigenvalue weighted by Gasteiger charge is -2.30. The van der Waals surface area contributed by atoms with Crippen LogP contribution in [0.1, 0.15) is 58.8 Å². The quantitative estimate of drug-likeness (QED) is 0.823. The van der Waals surface area contributed by atoms with Crippen molar-refractivity contribution in [2.45, 2.75) is 64.8 Å². The van der Waals surface area contributed by atoms with E-state index in [0.717, 1.165) is 51.6 Å². The number of hydrogen-bond donors (Lipinski definition) is 2. The molecule has 2 amide bonds. The highest BCUT2D eigenvalue weighted by atomic mass is 16.4. The molecule has 2 rings (SSSR count). The number of likely N-dealkylation sites (tertiary alicyclic amines) is 1. The van der Waals surface area contributed by atoms with Gasteiger partial charge in [-0.3, -0.25) is 4.79 Å². The van der Waals surface area contributed by atoms with Gasteiger partial charge in [-0.15, -0.1) is 0 Å². The Kier molecular flexibility index (Phi) is 5.12. The zero-order chi connectivity index (χ0) is 15.5. The standard InChI is InChI=1S/C16H28N2O3/c1-16(2)7-4-9-18(10-8-16)15(21)17-13-6-3-5-12(11-13)14(19)20/h12-13H,3-11H2,1-2H3,(H,17,21)(H,19,20). The van der Waals surface area contributed by atoms with Crippen LogP contribution in [0.25, 0.3) is 0 Å². The summed E-state index contributed by atoms with van der Waals surface area (Å²) in [6.07, 6.45) is 6.32. The number of aliphatic carboxylic acids is 1. The van der Waals surface area contributed by atoms with Crippen molar-refractivity contribution in [2.24, 2.45) is 11.3 Å². The van der Waals surface area contributed by atoms with E-state index in [4.69, 9.17) is 5.11 Å². The van der Waals surface area contributed by atoms with Crippen molar-refractivity contribution in [3.8, 4) is 0 Å². The minimum atomic E-state index is -0.731. The van der Waals surface area contributed by atoms with Gasteiger partial charge in [-0.1, -0.05) is 20.3 Å². The first-order chi connectivity index (χ1) is 9.87. The molecule has 2 fully saturated rings. The summed E-state index contributed by atoms with van der Waals surface area (Å²) in [4.78, 5) is 25.4. The summed E-state index contributed by atoms with van der Waals surface area (Å²) in [6, 6.07) is 0.00681. The summed E-state index contributed by atoms with van der Waals surface area (Å²) in [7, 11) is 0. The second-order valence-corrected chi connectivity index (χ2v) is 7.35. The molecule has 0 spiro atoms. The second-order valence-electron chi connectivity index (χ2n) is 7.35. The highest BCUT2D eigenvalue weighted by Gasteiger charge is 2.30. The van der Waals surface area contributed by atoms with E-state index in [1.807, 2.05) is 4.90 Å². The number of carbonyl (C=O) groups is 2. The topological polar surface area (TPSA) is 69.6 Å². The maximum absolute atomic E-state index is 12.4. The van der Waals surface area contributed by atoms with E-state index in [9.17, 15) is 9.59 Å². The second kappa shape index (κ2) is 6.67. The van der Waals surface area contributed by atoms with Crippen LogP contribution in [0.2, 0.25) is 0 Å². The van der Waals surface area contributed by atoms with E-state index in [2.05, 4.69) is 19.2 Å². The lowest BCUT2D eigenvalue weighted by Crippen LogP contribution is -2.47. The molecule has 1 heterocycles. The zero-order valence-corrected chi connectivity index (χ0v) is 13.2. The lowest BCUT2D eigenvalue weighted by atomic mass is 9.85.